The molecule has 4 heteroatoms. The molecule has 1 aliphatic heterocycles. The maximum absolute atomic E-state index is 5.27. The number of nitrogens with one attached hydrogen (secondary N) is 1. The van der Waals surface area contributed by atoms with E-state index in [4.69, 9.17) is 9.47 Å². The van der Waals surface area contributed by atoms with Crippen molar-refractivity contribution in [1.29, 1.82) is 0 Å². The molecule has 1 aromatic rings. The van der Waals surface area contributed by atoms with Gasteiger partial charge in [-0.25, -0.2) is 0 Å². The number of anilines is 1. The number of rotatable bonds is 4. The van der Waals surface area contributed by atoms with Crippen LogP contribution >= 0.6 is 12.6 Å². The summed E-state index contributed by atoms with van der Waals surface area (Å²) in [6.07, 6.45) is 1.05. The van der Waals surface area contributed by atoms with Gasteiger partial charge in [0.15, 0.2) is 11.5 Å². The molecular formula is C10H13NO2S. The highest BCUT2D eigenvalue weighted by Crippen LogP contribution is 2.34. The molecule has 0 radical (unpaired) electrons. The number of fused-ring (bicyclic) bond motifs is 1. The Morgan fingerprint density at radius 1 is 1.29 bits per heavy atom. The lowest BCUT2D eigenvalue weighted by Gasteiger charge is -2.05. The maximum Gasteiger partial charge on any atom is 0.231 e. The SMILES string of the molecule is SCCCNc1ccc2c(c1)OCO2. The van der Waals surface area contributed by atoms with Crippen LogP contribution in [-0.4, -0.2) is 19.1 Å². The third-order valence-corrected chi connectivity index (χ3v) is 2.35. The van der Waals surface area contributed by atoms with Crippen LogP contribution in [0.15, 0.2) is 18.2 Å². The zero-order chi connectivity index (χ0) is 9.80. The number of thiol groups is 1. The fourth-order valence-corrected chi connectivity index (χ4v) is 1.48. The molecule has 2 rings (SSSR count). The second-order valence-corrected chi connectivity index (χ2v) is 3.52. The Morgan fingerprint density at radius 2 is 2.14 bits per heavy atom. The van der Waals surface area contributed by atoms with Crippen LogP contribution in [0.3, 0.4) is 0 Å². The quantitative estimate of drug-likeness (QED) is 0.591. The van der Waals surface area contributed by atoms with Gasteiger partial charge >= 0.3 is 0 Å². The molecule has 3 nitrogen and oxygen atoms in total. The minimum Gasteiger partial charge on any atom is -0.454 e. The molecule has 14 heavy (non-hydrogen) atoms. The molecule has 0 saturated heterocycles. The number of hydrogen-bond donors (Lipinski definition) is 2. The molecule has 0 aliphatic carbocycles. The minimum absolute atomic E-state index is 0.329. The molecule has 1 aromatic carbocycles. The van der Waals surface area contributed by atoms with E-state index in [-0.39, 0.29) is 0 Å². The lowest BCUT2D eigenvalue weighted by molar-refractivity contribution is 0.174. The summed E-state index contributed by atoms with van der Waals surface area (Å²) < 4.78 is 10.5. The number of hydrogen-bond acceptors (Lipinski definition) is 4. The van der Waals surface area contributed by atoms with Gasteiger partial charge in [0.05, 0.1) is 0 Å². The molecule has 0 spiro atoms. The first kappa shape index (κ1) is 9.52. The molecule has 0 aromatic heterocycles. The summed E-state index contributed by atoms with van der Waals surface area (Å²) in [5.74, 6) is 2.54. The second-order valence-electron chi connectivity index (χ2n) is 3.07. The second kappa shape index (κ2) is 4.46. The van der Waals surface area contributed by atoms with E-state index in [0.717, 1.165) is 35.9 Å². The summed E-state index contributed by atoms with van der Waals surface area (Å²) in [5.41, 5.74) is 1.07. The van der Waals surface area contributed by atoms with Gasteiger partial charge in [0.1, 0.15) is 0 Å². The first-order chi connectivity index (χ1) is 6.90. The Morgan fingerprint density at radius 3 is 3.00 bits per heavy atom. The van der Waals surface area contributed by atoms with E-state index < -0.39 is 0 Å². The molecule has 1 heterocycles. The Labute approximate surface area is 88.8 Å². The zero-order valence-corrected chi connectivity index (χ0v) is 8.72. The Kier molecular flexibility index (Phi) is 3.03. The van der Waals surface area contributed by atoms with Crippen LogP contribution in [0.25, 0.3) is 0 Å². The molecule has 1 N–H and O–H groups in total. The maximum atomic E-state index is 5.27. The van der Waals surface area contributed by atoms with Crippen LogP contribution in [0, 0.1) is 0 Å². The van der Waals surface area contributed by atoms with Gasteiger partial charge in [0.2, 0.25) is 6.79 Å². The number of ether oxygens (including phenoxy) is 2. The first-order valence-corrected chi connectivity index (χ1v) is 5.28. The lowest BCUT2D eigenvalue weighted by atomic mass is 10.2. The molecule has 0 saturated carbocycles. The van der Waals surface area contributed by atoms with E-state index in [9.17, 15) is 0 Å². The third kappa shape index (κ3) is 2.07. The average Bonchev–Trinajstić information content (AvgIpc) is 2.65. The molecule has 76 valence electrons. The van der Waals surface area contributed by atoms with Gasteiger partial charge in [-0.1, -0.05) is 0 Å². The van der Waals surface area contributed by atoms with Gasteiger partial charge in [0, 0.05) is 18.3 Å². The zero-order valence-electron chi connectivity index (χ0n) is 7.82. The van der Waals surface area contributed by atoms with E-state index >= 15 is 0 Å². The van der Waals surface area contributed by atoms with Gasteiger partial charge in [0.25, 0.3) is 0 Å². The lowest BCUT2D eigenvalue weighted by Crippen LogP contribution is -2.01. The fourth-order valence-electron chi connectivity index (χ4n) is 1.32. The highest BCUT2D eigenvalue weighted by molar-refractivity contribution is 7.80. The topological polar surface area (TPSA) is 30.5 Å². The smallest absolute Gasteiger partial charge is 0.231 e. The third-order valence-electron chi connectivity index (χ3n) is 2.04. The van der Waals surface area contributed by atoms with Crippen molar-refractivity contribution in [3.8, 4) is 11.5 Å². The Bertz CT molecular complexity index is 317. The predicted molar refractivity (Wildman–Crippen MR) is 59.5 cm³/mol. The average molecular weight is 211 g/mol. The van der Waals surface area contributed by atoms with Crippen LogP contribution in [0.5, 0.6) is 11.5 Å². The van der Waals surface area contributed by atoms with Crippen LogP contribution in [0.2, 0.25) is 0 Å². The molecule has 0 bridgehead atoms. The summed E-state index contributed by atoms with van der Waals surface area (Å²) in [4.78, 5) is 0. The molecule has 0 atom stereocenters. The molecule has 0 unspecified atom stereocenters. The van der Waals surface area contributed by atoms with Gasteiger partial charge in [-0.3, -0.25) is 0 Å². The van der Waals surface area contributed by atoms with Crippen molar-refractivity contribution >= 4 is 18.3 Å². The van der Waals surface area contributed by atoms with Crippen LogP contribution in [0.1, 0.15) is 6.42 Å². The monoisotopic (exact) mass is 211 g/mol. The van der Waals surface area contributed by atoms with Gasteiger partial charge in [-0.05, 0) is 24.3 Å². The van der Waals surface area contributed by atoms with Crippen LogP contribution < -0.4 is 14.8 Å². The van der Waals surface area contributed by atoms with E-state index in [1.54, 1.807) is 0 Å². The van der Waals surface area contributed by atoms with Gasteiger partial charge in [-0.15, -0.1) is 0 Å². The Hall–Kier alpha value is -1.03. The Balaban J connectivity index is 1.98. The fraction of sp³-hybridized carbons (Fsp3) is 0.400. The number of benzene rings is 1. The summed E-state index contributed by atoms with van der Waals surface area (Å²) in [6.45, 7) is 1.26. The molecular weight excluding hydrogens is 198 g/mol. The van der Waals surface area contributed by atoms with Crippen molar-refractivity contribution < 1.29 is 9.47 Å². The van der Waals surface area contributed by atoms with Crippen LogP contribution in [-0.2, 0) is 0 Å². The predicted octanol–water partition coefficient (Wildman–Crippen LogP) is 2.15. The van der Waals surface area contributed by atoms with E-state index in [1.165, 1.54) is 0 Å². The summed E-state index contributed by atoms with van der Waals surface area (Å²) in [5, 5.41) is 3.29. The van der Waals surface area contributed by atoms with Crippen molar-refractivity contribution in [3.63, 3.8) is 0 Å². The molecule has 0 fully saturated rings. The summed E-state index contributed by atoms with van der Waals surface area (Å²) in [6, 6.07) is 5.87. The van der Waals surface area contributed by atoms with Crippen molar-refractivity contribution in [2.24, 2.45) is 0 Å². The standard InChI is InChI=1S/C10H13NO2S/c14-5-1-4-11-8-2-3-9-10(6-8)13-7-12-9/h2-3,6,11,14H,1,4-5,7H2. The van der Waals surface area contributed by atoms with E-state index in [2.05, 4.69) is 17.9 Å². The van der Waals surface area contributed by atoms with Crippen molar-refractivity contribution in [1.82, 2.24) is 0 Å². The summed E-state index contributed by atoms with van der Waals surface area (Å²) >= 11 is 4.15. The normalized spacial score (nSPS) is 12.9. The highest BCUT2D eigenvalue weighted by atomic mass is 32.1. The van der Waals surface area contributed by atoms with Crippen LogP contribution in [0.4, 0.5) is 5.69 Å². The van der Waals surface area contributed by atoms with E-state index in [1.807, 2.05) is 18.2 Å². The largest absolute Gasteiger partial charge is 0.454 e. The molecule has 1 aliphatic rings. The van der Waals surface area contributed by atoms with Crippen molar-refractivity contribution in [2.45, 2.75) is 6.42 Å². The van der Waals surface area contributed by atoms with Gasteiger partial charge < -0.3 is 14.8 Å². The minimum atomic E-state index is 0.329. The summed E-state index contributed by atoms with van der Waals surface area (Å²) in [7, 11) is 0. The van der Waals surface area contributed by atoms with E-state index in [0.29, 0.717) is 6.79 Å². The van der Waals surface area contributed by atoms with Gasteiger partial charge in [-0.2, -0.15) is 12.6 Å². The van der Waals surface area contributed by atoms with Crippen molar-refractivity contribution in [3.05, 3.63) is 18.2 Å². The molecule has 0 amide bonds. The highest BCUT2D eigenvalue weighted by Gasteiger charge is 2.12. The van der Waals surface area contributed by atoms with Crippen molar-refractivity contribution in [2.75, 3.05) is 24.4 Å². The first-order valence-electron chi connectivity index (χ1n) is 4.64.